The number of pyridine rings is 1. The molecule has 0 bridgehead atoms. The lowest BCUT2D eigenvalue weighted by Crippen LogP contribution is -2.32. The van der Waals surface area contributed by atoms with E-state index in [-0.39, 0.29) is 5.91 Å². The predicted octanol–water partition coefficient (Wildman–Crippen LogP) is 2.07. The minimum Gasteiger partial charge on any atom is -0.351 e. The predicted molar refractivity (Wildman–Crippen MR) is 92.3 cm³/mol. The Labute approximate surface area is 136 Å². The number of fused-ring (bicyclic) bond motifs is 1. The zero-order valence-corrected chi connectivity index (χ0v) is 13.6. The van der Waals surface area contributed by atoms with Crippen molar-refractivity contribution in [2.75, 3.05) is 38.6 Å². The van der Waals surface area contributed by atoms with E-state index in [1.807, 2.05) is 37.2 Å². The van der Waals surface area contributed by atoms with Gasteiger partial charge in [0.2, 0.25) is 0 Å². The third kappa shape index (κ3) is 3.35. The fraction of sp³-hybridized carbons (Fsp3) is 0.333. The van der Waals surface area contributed by atoms with Crippen LogP contribution >= 0.6 is 0 Å². The van der Waals surface area contributed by atoms with E-state index in [1.165, 1.54) is 5.56 Å². The first kappa shape index (κ1) is 15.5. The monoisotopic (exact) mass is 310 g/mol. The molecule has 1 amide bonds. The van der Waals surface area contributed by atoms with Crippen molar-refractivity contribution in [1.82, 2.24) is 15.2 Å². The van der Waals surface area contributed by atoms with E-state index in [4.69, 9.17) is 0 Å². The summed E-state index contributed by atoms with van der Waals surface area (Å²) in [6.07, 6.45) is 2.72. The van der Waals surface area contributed by atoms with Gasteiger partial charge in [-0.15, -0.1) is 0 Å². The van der Waals surface area contributed by atoms with Crippen LogP contribution in [0.25, 0.3) is 0 Å². The number of anilines is 2. The molecule has 1 N–H and O–H groups in total. The molecule has 3 rings (SSSR count). The first-order valence-electron chi connectivity index (χ1n) is 7.90. The van der Waals surface area contributed by atoms with E-state index in [1.54, 1.807) is 6.20 Å². The van der Waals surface area contributed by atoms with E-state index in [0.29, 0.717) is 12.1 Å². The molecule has 0 saturated heterocycles. The number of amides is 1. The summed E-state index contributed by atoms with van der Waals surface area (Å²) in [6.45, 7) is 2.29. The van der Waals surface area contributed by atoms with Gasteiger partial charge in [-0.25, -0.2) is 4.98 Å². The normalized spacial score (nSPS) is 13.3. The maximum Gasteiger partial charge on any atom is 0.255 e. The lowest BCUT2D eigenvalue weighted by Gasteiger charge is -2.21. The molecule has 5 heteroatoms. The molecule has 5 nitrogen and oxygen atoms in total. The van der Waals surface area contributed by atoms with Gasteiger partial charge in [-0.05, 0) is 44.3 Å². The van der Waals surface area contributed by atoms with Crippen LogP contribution in [0.1, 0.15) is 15.9 Å². The Bertz CT molecular complexity index is 699. The van der Waals surface area contributed by atoms with Crippen molar-refractivity contribution in [2.24, 2.45) is 0 Å². The van der Waals surface area contributed by atoms with Crippen LogP contribution in [0.3, 0.4) is 0 Å². The fourth-order valence-electron chi connectivity index (χ4n) is 2.84. The molecule has 1 aromatic heterocycles. The second-order valence-electron chi connectivity index (χ2n) is 5.96. The third-order valence-corrected chi connectivity index (χ3v) is 4.02. The Hall–Kier alpha value is -2.40. The fourth-order valence-corrected chi connectivity index (χ4v) is 2.84. The number of hydrogen-bond acceptors (Lipinski definition) is 4. The zero-order valence-electron chi connectivity index (χ0n) is 13.6. The van der Waals surface area contributed by atoms with Gasteiger partial charge in [0.15, 0.2) is 0 Å². The first-order valence-corrected chi connectivity index (χ1v) is 7.90. The smallest absolute Gasteiger partial charge is 0.255 e. The number of likely N-dealkylation sites (N-methyl/N-ethyl adjacent to an activating group) is 1. The van der Waals surface area contributed by atoms with Gasteiger partial charge in [0, 0.05) is 31.5 Å². The Kier molecular flexibility index (Phi) is 4.57. The second-order valence-corrected chi connectivity index (χ2v) is 5.96. The molecular formula is C18H22N4O. The highest BCUT2D eigenvalue weighted by Gasteiger charge is 2.24. The van der Waals surface area contributed by atoms with Gasteiger partial charge in [0.05, 0.1) is 5.56 Å². The maximum absolute atomic E-state index is 12.5. The van der Waals surface area contributed by atoms with Crippen LogP contribution < -0.4 is 10.2 Å². The molecule has 23 heavy (non-hydrogen) atoms. The molecular weight excluding hydrogens is 288 g/mol. The van der Waals surface area contributed by atoms with Gasteiger partial charge >= 0.3 is 0 Å². The van der Waals surface area contributed by atoms with Gasteiger partial charge in [-0.3, -0.25) is 4.79 Å². The molecule has 1 aliphatic heterocycles. The molecule has 0 aliphatic carbocycles. The largest absolute Gasteiger partial charge is 0.351 e. The number of nitrogens with zero attached hydrogens (tertiary/aromatic N) is 3. The van der Waals surface area contributed by atoms with Gasteiger partial charge in [0.1, 0.15) is 5.82 Å². The van der Waals surface area contributed by atoms with Crippen LogP contribution in [-0.4, -0.2) is 49.5 Å². The number of para-hydroxylation sites is 1. The van der Waals surface area contributed by atoms with E-state index >= 15 is 0 Å². The highest BCUT2D eigenvalue weighted by atomic mass is 16.1. The van der Waals surface area contributed by atoms with Gasteiger partial charge in [-0.2, -0.15) is 0 Å². The standard InChI is InChI=1S/C18H22N4O/c1-21(2)13-11-20-18(23)15-7-5-10-19-17(15)22-12-9-14-6-3-4-8-16(14)22/h3-8,10H,9,11-13H2,1-2H3,(H,20,23). The van der Waals surface area contributed by atoms with Crippen molar-refractivity contribution in [3.8, 4) is 0 Å². The van der Waals surface area contributed by atoms with Crippen molar-refractivity contribution < 1.29 is 4.79 Å². The Morgan fingerprint density at radius 1 is 1.26 bits per heavy atom. The SMILES string of the molecule is CN(C)CCNC(=O)c1cccnc1N1CCc2ccccc21. The highest BCUT2D eigenvalue weighted by Crippen LogP contribution is 2.34. The summed E-state index contributed by atoms with van der Waals surface area (Å²) in [5, 5.41) is 2.97. The van der Waals surface area contributed by atoms with Crippen molar-refractivity contribution in [3.05, 3.63) is 53.7 Å². The van der Waals surface area contributed by atoms with Crippen molar-refractivity contribution >= 4 is 17.4 Å². The number of hydrogen-bond donors (Lipinski definition) is 1. The topological polar surface area (TPSA) is 48.5 Å². The molecule has 0 saturated carbocycles. The molecule has 0 unspecified atom stereocenters. The Morgan fingerprint density at radius 2 is 2.09 bits per heavy atom. The number of aromatic nitrogens is 1. The van der Waals surface area contributed by atoms with E-state index in [0.717, 1.165) is 31.0 Å². The third-order valence-electron chi connectivity index (χ3n) is 4.02. The van der Waals surface area contributed by atoms with E-state index in [9.17, 15) is 4.79 Å². The van der Waals surface area contributed by atoms with Crippen LogP contribution in [0.4, 0.5) is 11.5 Å². The number of nitrogens with one attached hydrogen (secondary N) is 1. The second kappa shape index (κ2) is 6.79. The average Bonchev–Trinajstić information content (AvgIpc) is 2.98. The van der Waals surface area contributed by atoms with Crippen LogP contribution in [0.2, 0.25) is 0 Å². The summed E-state index contributed by atoms with van der Waals surface area (Å²) < 4.78 is 0. The molecule has 120 valence electrons. The van der Waals surface area contributed by atoms with Crippen molar-refractivity contribution in [3.63, 3.8) is 0 Å². The number of carbonyl (C=O) groups excluding carboxylic acids is 1. The zero-order chi connectivity index (χ0) is 16.2. The summed E-state index contributed by atoms with van der Waals surface area (Å²) in [5.41, 5.74) is 3.08. The number of carbonyl (C=O) groups is 1. The number of rotatable bonds is 5. The Balaban J connectivity index is 1.83. The minimum atomic E-state index is -0.0701. The highest BCUT2D eigenvalue weighted by molar-refractivity contribution is 5.99. The van der Waals surface area contributed by atoms with Crippen molar-refractivity contribution in [1.29, 1.82) is 0 Å². The van der Waals surface area contributed by atoms with Gasteiger partial charge in [-0.1, -0.05) is 18.2 Å². The lowest BCUT2D eigenvalue weighted by atomic mass is 10.2. The maximum atomic E-state index is 12.5. The van der Waals surface area contributed by atoms with Crippen molar-refractivity contribution in [2.45, 2.75) is 6.42 Å². The van der Waals surface area contributed by atoms with E-state index in [2.05, 4.69) is 33.4 Å². The van der Waals surface area contributed by atoms with Crippen LogP contribution in [0.15, 0.2) is 42.6 Å². The van der Waals surface area contributed by atoms with Crippen LogP contribution in [-0.2, 0) is 6.42 Å². The van der Waals surface area contributed by atoms with Crippen LogP contribution in [0.5, 0.6) is 0 Å². The lowest BCUT2D eigenvalue weighted by molar-refractivity contribution is 0.0951. The molecule has 0 fully saturated rings. The molecule has 0 radical (unpaired) electrons. The minimum absolute atomic E-state index is 0.0701. The molecule has 0 atom stereocenters. The molecule has 1 aliphatic rings. The first-order chi connectivity index (χ1) is 11.2. The quantitative estimate of drug-likeness (QED) is 0.918. The summed E-state index contributed by atoms with van der Waals surface area (Å²) in [6, 6.07) is 12.0. The average molecular weight is 310 g/mol. The molecule has 1 aromatic carbocycles. The summed E-state index contributed by atoms with van der Waals surface area (Å²) in [5.74, 6) is 0.666. The molecule has 0 spiro atoms. The van der Waals surface area contributed by atoms with Gasteiger partial charge < -0.3 is 15.1 Å². The van der Waals surface area contributed by atoms with Gasteiger partial charge in [0.25, 0.3) is 5.91 Å². The summed E-state index contributed by atoms with van der Waals surface area (Å²) >= 11 is 0. The summed E-state index contributed by atoms with van der Waals surface area (Å²) in [4.78, 5) is 21.2. The van der Waals surface area contributed by atoms with Crippen LogP contribution in [0, 0.1) is 0 Å². The number of benzene rings is 1. The summed E-state index contributed by atoms with van der Waals surface area (Å²) in [7, 11) is 3.98. The molecule has 2 heterocycles. The molecule has 2 aromatic rings. The Morgan fingerprint density at radius 3 is 2.91 bits per heavy atom. The van der Waals surface area contributed by atoms with E-state index < -0.39 is 0 Å².